The molecule has 3 rings (SSSR count). The molecule has 27 heavy (non-hydrogen) atoms. The Morgan fingerprint density at radius 2 is 2.22 bits per heavy atom. The summed E-state index contributed by atoms with van der Waals surface area (Å²) < 4.78 is 0. The number of H-pyrrole nitrogens is 1. The van der Waals surface area contributed by atoms with Crippen LogP contribution in [0.3, 0.4) is 0 Å². The molecule has 1 aromatic heterocycles. The van der Waals surface area contributed by atoms with Gasteiger partial charge in [0.15, 0.2) is 0 Å². The highest BCUT2D eigenvalue weighted by molar-refractivity contribution is 6.31. The molecular formula is C20H25ClN4O2. The second-order valence-electron chi connectivity index (χ2n) is 7.68. The van der Waals surface area contributed by atoms with Crippen molar-refractivity contribution in [2.45, 2.75) is 32.8 Å². The fraction of sp³-hybridized carbons (Fsp3) is 0.500. The molecule has 1 aromatic carbocycles. The zero-order valence-electron chi connectivity index (χ0n) is 15.6. The molecule has 2 heterocycles. The van der Waals surface area contributed by atoms with Crippen molar-refractivity contribution < 1.29 is 9.90 Å². The Hall–Kier alpha value is -2.23. The average molecular weight is 389 g/mol. The van der Waals surface area contributed by atoms with Crippen LogP contribution >= 0.6 is 11.6 Å². The first kappa shape index (κ1) is 19.5. The number of amides is 2. The fourth-order valence-corrected chi connectivity index (χ4v) is 4.19. The zero-order valence-corrected chi connectivity index (χ0v) is 16.4. The summed E-state index contributed by atoms with van der Waals surface area (Å²) in [5, 5.41) is 22.4. The van der Waals surface area contributed by atoms with Crippen LogP contribution in [0.15, 0.2) is 18.3 Å². The van der Waals surface area contributed by atoms with Crippen molar-refractivity contribution in [1.82, 2.24) is 20.4 Å². The molecular weight excluding hydrogens is 364 g/mol. The monoisotopic (exact) mass is 388 g/mol. The van der Waals surface area contributed by atoms with Crippen LogP contribution in [0.25, 0.3) is 10.9 Å². The number of aromatic amines is 1. The number of aromatic nitrogens is 2. The number of aliphatic hydroxyl groups is 1. The van der Waals surface area contributed by atoms with Gasteiger partial charge in [0.25, 0.3) is 0 Å². The summed E-state index contributed by atoms with van der Waals surface area (Å²) in [5.74, 6) is 2.68. The van der Waals surface area contributed by atoms with E-state index in [0.29, 0.717) is 18.1 Å². The van der Waals surface area contributed by atoms with Crippen LogP contribution in [0.4, 0.5) is 4.79 Å². The average Bonchev–Trinajstić information content (AvgIpc) is 3.13. The van der Waals surface area contributed by atoms with E-state index in [1.807, 2.05) is 6.07 Å². The van der Waals surface area contributed by atoms with Crippen LogP contribution in [0.5, 0.6) is 0 Å². The van der Waals surface area contributed by atoms with Gasteiger partial charge in [-0.15, -0.1) is 6.42 Å². The van der Waals surface area contributed by atoms with Gasteiger partial charge in [-0.3, -0.25) is 5.10 Å². The maximum atomic E-state index is 12.1. The molecule has 0 bridgehead atoms. The van der Waals surface area contributed by atoms with Gasteiger partial charge in [0, 0.05) is 29.1 Å². The van der Waals surface area contributed by atoms with Crippen LogP contribution in [0.2, 0.25) is 5.02 Å². The number of terminal acetylenes is 1. The van der Waals surface area contributed by atoms with Gasteiger partial charge in [-0.05, 0) is 36.3 Å². The van der Waals surface area contributed by atoms with Crippen molar-refractivity contribution in [3.8, 4) is 12.3 Å². The molecule has 1 fully saturated rings. The molecule has 7 heteroatoms. The van der Waals surface area contributed by atoms with Crippen LogP contribution in [0.1, 0.15) is 38.4 Å². The summed E-state index contributed by atoms with van der Waals surface area (Å²) in [6.07, 6.45) is 7.83. The first-order chi connectivity index (χ1) is 12.8. The quantitative estimate of drug-likeness (QED) is 0.702. The summed E-state index contributed by atoms with van der Waals surface area (Å²) in [7, 11) is 0. The van der Waals surface area contributed by atoms with E-state index >= 15 is 0 Å². The highest BCUT2D eigenvalue weighted by Crippen LogP contribution is 2.46. The normalized spacial score (nSPS) is 16.9. The van der Waals surface area contributed by atoms with Crippen molar-refractivity contribution in [2.75, 3.05) is 19.6 Å². The van der Waals surface area contributed by atoms with Crippen molar-refractivity contribution in [1.29, 1.82) is 0 Å². The molecule has 3 N–H and O–H groups in total. The van der Waals surface area contributed by atoms with Crippen molar-refractivity contribution >= 4 is 28.5 Å². The molecule has 0 saturated carbocycles. The Labute approximate surface area is 164 Å². The highest BCUT2D eigenvalue weighted by Gasteiger charge is 2.40. The van der Waals surface area contributed by atoms with Crippen molar-refractivity contribution in [3.05, 3.63) is 28.9 Å². The van der Waals surface area contributed by atoms with E-state index in [2.05, 4.69) is 35.3 Å². The number of carbonyl (C=O) groups excluding carboxylic acids is 1. The minimum atomic E-state index is -0.703. The first-order valence-electron chi connectivity index (χ1n) is 9.11. The lowest BCUT2D eigenvalue weighted by Crippen LogP contribution is -2.47. The number of halogens is 1. The minimum absolute atomic E-state index is 0.126. The summed E-state index contributed by atoms with van der Waals surface area (Å²) in [6.45, 7) is 5.66. The van der Waals surface area contributed by atoms with E-state index in [-0.39, 0.29) is 23.9 Å². The summed E-state index contributed by atoms with van der Waals surface area (Å²) >= 11 is 6.24. The van der Waals surface area contributed by atoms with Crippen LogP contribution in [-0.4, -0.2) is 45.9 Å². The number of hydrogen-bond acceptors (Lipinski definition) is 3. The Kier molecular flexibility index (Phi) is 5.64. The first-order valence-corrected chi connectivity index (χ1v) is 9.49. The third kappa shape index (κ3) is 3.90. The number of hydrogen-bond donors (Lipinski definition) is 3. The fourth-order valence-electron chi connectivity index (χ4n) is 3.95. The van der Waals surface area contributed by atoms with Gasteiger partial charge in [-0.1, -0.05) is 31.4 Å². The van der Waals surface area contributed by atoms with Crippen LogP contribution in [-0.2, 0) is 0 Å². The number of urea groups is 1. The summed E-state index contributed by atoms with van der Waals surface area (Å²) in [4.78, 5) is 13.8. The summed E-state index contributed by atoms with van der Waals surface area (Å²) in [6, 6.07) is 3.51. The number of carbonyl (C=O) groups is 1. The largest absolute Gasteiger partial charge is 0.388 e. The number of nitrogens with zero attached hydrogens (tertiary/aromatic N) is 2. The number of fused-ring (bicyclic) bond motifs is 1. The molecule has 1 saturated heterocycles. The Balaban J connectivity index is 1.74. The molecule has 1 aliphatic rings. The maximum absolute atomic E-state index is 12.1. The van der Waals surface area contributed by atoms with E-state index in [4.69, 9.17) is 18.0 Å². The molecule has 2 aromatic rings. The van der Waals surface area contributed by atoms with Gasteiger partial charge in [-0.25, -0.2) is 4.79 Å². The standard InChI is InChI=1S/C20H25ClN4O2/c1-4-7-22-19(27)25-8-5-14(6-9-25)20(2,3)18(26)16-11-15(21)10-13-12-23-24-17(13)16/h1,10-12,14,18,26H,5-9H2,2-3H3,(H,22,27)(H,23,24)/t18-/m1/s1. The molecule has 0 aliphatic carbocycles. The molecule has 1 atom stereocenters. The lowest BCUT2D eigenvalue weighted by molar-refractivity contribution is -0.0143. The van der Waals surface area contributed by atoms with E-state index in [1.165, 1.54) is 0 Å². The van der Waals surface area contributed by atoms with Gasteiger partial charge < -0.3 is 15.3 Å². The third-order valence-electron chi connectivity index (χ3n) is 5.72. The van der Waals surface area contributed by atoms with Crippen molar-refractivity contribution in [3.63, 3.8) is 0 Å². The zero-order chi connectivity index (χ0) is 19.6. The number of likely N-dealkylation sites (tertiary alicyclic amines) is 1. The number of aliphatic hydroxyl groups excluding tert-OH is 1. The maximum Gasteiger partial charge on any atom is 0.318 e. The second kappa shape index (κ2) is 7.79. The Morgan fingerprint density at radius 3 is 2.89 bits per heavy atom. The lowest BCUT2D eigenvalue weighted by atomic mass is 9.68. The van der Waals surface area contributed by atoms with E-state index in [0.717, 1.165) is 29.3 Å². The number of rotatable bonds is 4. The van der Waals surface area contributed by atoms with Gasteiger partial charge in [0.05, 0.1) is 24.4 Å². The van der Waals surface area contributed by atoms with Crippen molar-refractivity contribution in [2.24, 2.45) is 11.3 Å². The Morgan fingerprint density at radius 1 is 1.52 bits per heavy atom. The lowest BCUT2D eigenvalue weighted by Gasteiger charge is -2.43. The topological polar surface area (TPSA) is 81.2 Å². The molecule has 6 nitrogen and oxygen atoms in total. The molecule has 0 radical (unpaired) electrons. The van der Waals surface area contributed by atoms with E-state index in [1.54, 1.807) is 17.2 Å². The molecule has 144 valence electrons. The van der Waals surface area contributed by atoms with Gasteiger partial charge in [0.2, 0.25) is 0 Å². The second-order valence-corrected chi connectivity index (χ2v) is 8.11. The summed E-state index contributed by atoms with van der Waals surface area (Å²) in [5.41, 5.74) is 1.18. The SMILES string of the molecule is C#CCNC(=O)N1CCC(C(C)(C)[C@H](O)c2cc(Cl)cc3cn[nH]c23)CC1. The number of benzene rings is 1. The highest BCUT2D eigenvalue weighted by atomic mass is 35.5. The number of nitrogens with one attached hydrogen (secondary N) is 2. The smallest absolute Gasteiger partial charge is 0.318 e. The minimum Gasteiger partial charge on any atom is -0.388 e. The number of piperidine rings is 1. The predicted molar refractivity (Wildman–Crippen MR) is 106 cm³/mol. The van der Waals surface area contributed by atoms with Gasteiger partial charge in [0.1, 0.15) is 0 Å². The van der Waals surface area contributed by atoms with Gasteiger partial charge >= 0.3 is 6.03 Å². The third-order valence-corrected chi connectivity index (χ3v) is 5.94. The van der Waals surface area contributed by atoms with E-state index < -0.39 is 6.10 Å². The Bertz CT molecular complexity index is 862. The molecule has 1 aliphatic heterocycles. The van der Waals surface area contributed by atoms with Gasteiger partial charge in [-0.2, -0.15) is 5.10 Å². The van der Waals surface area contributed by atoms with Crippen LogP contribution in [0, 0.1) is 23.7 Å². The van der Waals surface area contributed by atoms with Crippen LogP contribution < -0.4 is 5.32 Å². The van der Waals surface area contributed by atoms with E-state index in [9.17, 15) is 9.90 Å². The predicted octanol–water partition coefficient (Wildman–Crippen LogP) is 3.33. The molecule has 0 unspecified atom stereocenters. The molecule has 0 spiro atoms. The molecule has 2 amide bonds.